The highest BCUT2D eigenvalue weighted by atomic mass is 79.9. The molecule has 0 unspecified atom stereocenters. The van der Waals surface area contributed by atoms with E-state index in [-0.39, 0.29) is 24.5 Å². The molecule has 2 heterocycles. The first kappa shape index (κ1) is 30.5. The Morgan fingerprint density at radius 3 is 2.51 bits per heavy atom. The zero-order valence-corrected chi connectivity index (χ0v) is 26.6. The maximum atomic E-state index is 13.9. The zero-order chi connectivity index (χ0) is 30.7. The van der Waals surface area contributed by atoms with Crippen molar-refractivity contribution in [2.75, 3.05) is 12.9 Å². The molecule has 0 N–H and O–H groups in total. The van der Waals surface area contributed by atoms with E-state index in [0.29, 0.717) is 30.8 Å². The van der Waals surface area contributed by atoms with Crippen molar-refractivity contribution in [1.82, 2.24) is 4.57 Å². The van der Waals surface area contributed by atoms with Crippen molar-refractivity contribution < 1.29 is 19.2 Å². The van der Waals surface area contributed by atoms with Crippen molar-refractivity contribution in [3.63, 3.8) is 0 Å². The molecule has 9 nitrogen and oxygen atoms in total. The molecule has 0 saturated carbocycles. The number of allylic oxidation sites excluding steroid dienone is 1. The highest BCUT2D eigenvalue weighted by molar-refractivity contribution is 9.10. The molecule has 3 aromatic carbocycles. The second-order valence-corrected chi connectivity index (χ2v) is 12.2. The Balaban J connectivity index is 1.48. The fourth-order valence-electron chi connectivity index (χ4n) is 4.64. The molecule has 43 heavy (non-hydrogen) atoms. The third kappa shape index (κ3) is 6.51. The molecular formula is C31H26BrN3O6S2. The number of thiazole rings is 1. The largest absolute Gasteiger partial charge is 0.488 e. The van der Waals surface area contributed by atoms with Crippen molar-refractivity contribution in [3.05, 3.63) is 129 Å². The molecule has 12 heteroatoms. The number of esters is 1. The van der Waals surface area contributed by atoms with Crippen LogP contribution >= 0.6 is 39.0 Å². The maximum Gasteiger partial charge on any atom is 0.338 e. The highest BCUT2D eigenvalue weighted by Gasteiger charge is 2.33. The second-order valence-electron chi connectivity index (χ2n) is 9.48. The summed E-state index contributed by atoms with van der Waals surface area (Å²) in [5.74, 6) is 0.0885. The number of fused-ring (bicyclic) bond motifs is 1. The molecule has 0 saturated heterocycles. The molecule has 4 aromatic rings. The van der Waals surface area contributed by atoms with Crippen LogP contribution in [0.2, 0.25) is 0 Å². The lowest BCUT2D eigenvalue weighted by Crippen LogP contribution is -2.39. The summed E-state index contributed by atoms with van der Waals surface area (Å²) in [5.41, 5.74) is 2.97. The molecule has 0 bridgehead atoms. The molecule has 1 atom stereocenters. The van der Waals surface area contributed by atoms with Crippen LogP contribution in [-0.2, 0) is 16.1 Å². The number of carbonyl (C=O) groups is 1. The van der Waals surface area contributed by atoms with Crippen LogP contribution in [0, 0.1) is 10.1 Å². The van der Waals surface area contributed by atoms with Crippen LogP contribution in [0.5, 0.6) is 5.75 Å². The molecule has 0 radical (unpaired) electrons. The van der Waals surface area contributed by atoms with Gasteiger partial charge in [0, 0.05) is 17.0 Å². The third-order valence-corrected chi connectivity index (χ3v) is 9.09. The number of carbonyl (C=O) groups excluding carboxylic acids is 1. The topological polar surface area (TPSA) is 113 Å². The van der Waals surface area contributed by atoms with Crippen LogP contribution in [0.3, 0.4) is 0 Å². The molecule has 1 aliphatic heterocycles. The summed E-state index contributed by atoms with van der Waals surface area (Å²) in [6, 6.07) is 18.8. The van der Waals surface area contributed by atoms with Crippen LogP contribution < -0.4 is 19.6 Å². The normalized spacial score (nSPS) is 14.7. The number of nitrogens with zero attached hydrogens (tertiary/aromatic N) is 3. The van der Waals surface area contributed by atoms with Crippen LogP contribution in [0.4, 0.5) is 5.69 Å². The predicted molar refractivity (Wildman–Crippen MR) is 170 cm³/mol. The molecule has 220 valence electrons. The van der Waals surface area contributed by atoms with Crippen LogP contribution in [0.25, 0.3) is 6.08 Å². The Morgan fingerprint density at radius 1 is 1.16 bits per heavy atom. The first-order chi connectivity index (χ1) is 20.7. The van der Waals surface area contributed by atoms with Gasteiger partial charge in [0.05, 0.1) is 37.8 Å². The molecule has 0 fully saturated rings. The standard InChI is InChI=1S/C31H26BrN3O6S2/c1-4-40-30(37)27-18(2)33-31-34(28(27)21-8-12-23(42-3)13-9-21)29(36)26(43-31)16-20-7-14-25(24(32)15-20)41-17-19-5-10-22(11-6-19)35(38)39/h5-16,28H,4,17H2,1-3H3/b26-16-/t28-/m0/s1. The van der Waals surface area contributed by atoms with Gasteiger partial charge < -0.3 is 9.47 Å². The van der Waals surface area contributed by atoms with E-state index in [4.69, 9.17) is 9.47 Å². The quantitative estimate of drug-likeness (QED) is 0.0955. The highest BCUT2D eigenvalue weighted by Crippen LogP contribution is 2.32. The Kier molecular flexibility index (Phi) is 9.28. The number of nitro groups is 1. The van der Waals surface area contributed by atoms with Gasteiger partial charge in [-0.2, -0.15) is 0 Å². The third-order valence-electron chi connectivity index (χ3n) is 6.74. The van der Waals surface area contributed by atoms with E-state index < -0.39 is 16.9 Å². The summed E-state index contributed by atoms with van der Waals surface area (Å²) < 4.78 is 14.0. The van der Waals surface area contributed by atoms with Gasteiger partial charge >= 0.3 is 5.97 Å². The fraction of sp³-hybridized carbons (Fsp3) is 0.194. The van der Waals surface area contributed by atoms with Gasteiger partial charge in [0.2, 0.25) is 0 Å². The van der Waals surface area contributed by atoms with Crippen LogP contribution in [0.15, 0.2) is 97.2 Å². The van der Waals surface area contributed by atoms with E-state index >= 15 is 0 Å². The molecule has 1 aliphatic rings. The van der Waals surface area contributed by atoms with Gasteiger partial charge in [-0.25, -0.2) is 9.79 Å². The van der Waals surface area contributed by atoms with Crippen molar-refractivity contribution in [2.24, 2.45) is 4.99 Å². The summed E-state index contributed by atoms with van der Waals surface area (Å²) in [7, 11) is 0. The number of ether oxygens (including phenoxy) is 2. The van der Waals surface area contributed by atoms with E-state index in [1.807, 2.05) is 42.7 Å². The summed E-state index contributed by atoms with van der Waals surface area (Å²) >= 11 is 6.41. The van der Waals surface area contributed by atoms with Crippen molar-refractivity contribution in [1.29, 1.82) is 0 Å². The predicted octanol–water partition coefficient (Wildman–Crippen LogP) is 5.77. The minimum atomic E-state index is -0.671. The summed E-state index contributed by atoms with van der Waals surface area (Å²) in [4.78, 5) is 43.6. The minimum absolute atomic E-state index is 0.0201. The van der Waals surface area contributed by atoms with E-state index in [1.54, 1.807) is 54.5 Å². The number of hydrogen-bond donors (Lipinski definition) is 0. The van der Waals surface area contributed by atoms with Gasteiger partial charge in [-0.05, 0) is 95.2 Å². The van der Waals surface area contributed by atoms with E-state index in [0.717, 1.165) is 21.6 Å². The van der Waals surface area contributed by atoms with Crippen LogP contribution in [-0.4, -0.2) is 28.3 Å². The molecule has 0 aliphatic carbocycles. The number of benzene rings is 3. The Morgan fingerprint density at radius 2 is 1.88 bits per heavy atom. The first-order valence-electron chi connectivity index (χ1n) is 13.2. The lowest BCUT2D eigenvalue weighted by Gasteiger charge is -2.24. The summed E-state index contributed by atoms with van der Waals surface area (Å²) in [6.45, 7) is 3.95. The summed E-state index contributed by atoms with van der Waals surface area (Å²) in [6.07, 6.45) is 3.77. The average molecular weight is 681 g/mol. The fourth-order valence-corrected chi connectivity index (χ4v) is 6.61. The van der Waals surface area contributed by atoms with E-state index in [9.17, 15) is 19.7 Å². The van der Waals surface area contributed by atoms with Gasteiger partial charge in [0.1, 0.15) is 12.4 Å². The van der Waals surface area contributed by atoms with Crippen molar-refractivity contribution >= 4 is 56.8 Å². The molecule has 0 amide bonds. The average Bonchev–Trinajstić information content (AvgIpc) is 3.30. The van der Waals surface area contributed by atoms with Gasteiger partial charge in [-0.3, -0.25) is 19.5 Å². The SMILES string of the molecule is CCOC(=O)C1=C(C)N=c2s/c(=C\c3ccc(OCc4ccc([N+](=O)[O-])cc4)c(Br)c3)c(=O)n2[C@H]1c1ccc(SC)cc1. The molecule has 5 rings (SSSR count). The van der Waals surface area contributed by atoms with Crippen molar-refractivity contribution in [2.45, 2.75) is 31.4 Å². The van der Waals surface area contributed by atoms with Gasteiger partial charge in [0.15, 0.2) is 4.80 Å². The number of thioether (sulfide) groups is 1. The Hall–Kier alpha value is -4.00. The number of non-ortho nitro benzene ring substituents is 1. The zero-order valence-electron chi connectivity index (χ0n) is 23.4. The number of rotatable bonds is 9. The minimum Gasteiger partial charge on any atom is -0.488 e. The monoisotopic (exact) mass is 679 g/mol. The Bertz CT molecular complexity index is 1910. The molecule has 0 spiro atoms. The number of nitro benzene ring substituents is 1. The van der Waals surface area contributed by atoms with E-state index in [1.165, 1.54) is 23.5 Å². The van der Waals surface area contributed by atoms with Gasteiger partial charge in [-0.15, -0.1) is 11.8 Å². The van der Waals surface area contributed by atoms with Gasteiger partial charge in [-0.1, -0.05) is 29.5 Å². The Labute approximate surface area is 263 Å². The molecular weight excluding hydrogens is 654 g/mol. The number of hydrogen-bond acceptors (Lipinski definition) is 9. The van der Waals surface area contributed by atoms with E-state index in [2.05, 4.69) is 20.9 Å². The number of aromatic nitrogens is 1. The van der Waals surface area contributed by atoms with Crippen molar-refractivity contribution in [3.8, 4) is 5.75 Å². The number of halogens is 1. The van der Waals surface area contributed by atoms with Crippen LogP contribution in [0.1, 0.15) is 36.6 Å². The smallest absolute Gasteiger partial charge is 0.338 e. The summed E-state index contributed by atoms with van der Waals surface area (Å²) in [5, 5.41) is 10.9. The lowest BCUT2D eigenvalue weighted by molar-refractivity contribution is -0.384. The molecule has 1 aromatic heterocycles. The second kappa shape index (κ2) is 13.1. The lowest BCUT2D eigenvalue weighted by atomic mass is 9.96. The maximum absolute atomic E-state index is 13.9. The van der Waals surface area contributed by atoms with Gasteiger partial charge in [0.25, 0.3) is 11.2 Å². The first-order valence-corrected chi connectivity index (χ1v) is 16.0.